The molecule has 2 aromatic rings. The third-order valence-electron chi connectivity index (χ3n) is 6.60. The third-order valence-corrected chi connectivity index (χ3v) is 6.60. The quantitative estimate of drug-likeness (QED) is 0.812. The second kappa shape index (κ2) is 8.21. The summed E-state index contributed by atoms with van der Waals surface area (Å²) in [5.41, 5.74) is 2.37. The predicted octanol–water partition coefficient (Wildman–Crippen LogP) is 2.78. The average Bonchev–Trinajstić information content (AvgIpc) is 3.29. The number of rotatable bonds is 4. The zero-order valence-corrected chi connectivity index (χ0v) is 16.7. The van der Waals surface area contributed by atoms with Crippen molar-refractivity contribution in [2.24, 2.45) is 5.92 Å². The van der Waals surface area contributed by atoms with Crippen LogP contribution in [0.15, 0.2) is 24.5 Å². The van der Waals surface area contributed by atoms with Gasteiger partial charge in [0.1, 0.15) is 12.1 Å². The summed E-state index contributed by atoms with van der Waals surface area (Å²) < 4.78 is 5.50. The minimum absolute atomic E-state index is 0.820. The van der Waals surface area contributed by atoms with Gasteiger partial charge in [-0.15, -0.1) is 0 Å². The second-order valence-corrected chi connectivity index (χ2v) is 8.44. The van der Waals surface area contributed by atoms with Crippen LogP contribution in [0.3, 0.4) is 0 Å². The molecule has 3 aliphatic heterocycles. The van der Waals surface area contributed by atoms with Gasteiger partial charge in [0, 0.05) is 70.1 Å². The van der Waals surface area contributed by atoms with Crippen LogP contribution in [0.4, 0.5) is 11.5 Å². The van der Waals surface area contributed by atoms with Crippen molar-refractivity contribution in [2.45, 2.75) is 25.7 Å². The number of anilines is 2. The molecule has 0 aliphatic carbocycles. The summed E-state index contributed by atoms with van der Waals surface area (Å²) >= 11 is 0. The van der Waals surface area contributed by atoms with E-state index in [1.54, 1.807) is 6.33 Å². The van der Waals surface area contributed by atoms with Crippen molar-refractivity contribution in [2.75, 3.05) is 68.8 Å². The van der Waals surface area contributed by atoms with Gasteiger partial charge in [-0.3, -0.25) is 4.90 Å². The van der Waals surface area contributed by atoms with Crippen LogP contribution in [0.5, 0.6) is 0 Å². The van der Waals surface area contributed by atoms with Crippen LogP contribution in [0.25, 0.3) is 10.9 Å². The first-order valence-electron chi connectivity index (χ1n) is 10.9. The minimum atomic E-state index is 0.820. The van der Waals surface area contributed by atoms with Crippen molar-refractivity contribution in [3.8, 4) is 0 Å². The Labute approximate surface area is 167 Å². The smallest absolute Gasteiger partial charge is 0.139 e. The standard InChI is InChI=1S/C22H31N5O/c1-2-8-27(7-1)22-20-15-19(3-4-21(20)23-17-24-22)26-11-9-25(10-12-26)16-18-5-13-28-14-6-18/h3-4,15,17-18H,1-2,5-14,16H2. The highest BCUT2D eigenvalue weighted by atomic mass is 16.5. The first kappa shape index (κ1) is 18.1. The van der Waals surface area contributed by atoms with E-state index in [2.05, 4.69) is 42.9 Å². The number of fused-ring (bicyclic) bond motifs is 1. The van der Waals surface area contributed by atoms with E-state index in [1.165, 1.54) is 43.3 Å². The van der Waals surface area contributed by atoms with Gasteiger partial charge in [-0.05, 0) is 49.8 Å². The van der Waals surface area contributed by atoms with E-state index in [0.29, 0.717) is 0 Å². The lowest BCUT2D eigenvalue weighted by Crippen LogP contribution is -2.48. The van der Waals surface area contributed by atoms with Crippen molar-refractivity contribution in [3.05, 3.63) is 24.5 Å². The molecule has 0 N–H and O–H groups in total. The molecule has 3 aliphatic rings. The number of benzene rings is 1. The number of piperazine rings is 1. The molecular formula is C22H31N5O. The van der Waals surface area contributed by atoms with Gasteiger partial charge in [-0.2, -0.15) is 0 Å². The Morgan fingerprint density at radius 1 is 0.893 bits per heavy atom. The maximum atomic E-state index is 5.50. The summed E-state index contributed by atoms with van der Waals surface area (Å²) in [6.07, 6.45) is 6.69. The van der Waals surface area contributed by atoms with Crippen molar-refractivity contribution in [1.29, 1.82) is 0 Å². The molecule has 0 saturated carbocycles. The topological polar surface area (TPSA) is 44.7 Å². The highest BCUT2D eigenvalue weighted by Crippen LogP contribution is 2.30. The second-order valence-electron chi connectivity index (χ2n) is 8.44. The van der Waals surface area contributed by atoms with Gasteiger partial charge in [0.2, 0.25) is 0 Å². The summed E-state index contributed by atoms with van der Waals surface area (Å²) in [6.45, 7) is 9.86. The van der Waals surface area contributed by atoms with Gasteiger partial charge >= 0.3 is 0 Å². The maximum Gasteiger partial charge on any atom is 0.139 e. The van der Waals surface area contributed by atoms with Gasteiger partial charge in [-0.25, -0.2) is 9.97 Å². The van der Waals surface area contributed by atoms with Crippen LogP contribution in [0, 0.1) is 5.92 Å². The van der Waals surface area contributed by atoms with Gasteiger partial charge in [-0.1, -0.05) is 0 Å². The van der Waals surface area contributed by atoms with Crippen molar-refractivity contribution >= 4 is 22.4 Å². The summed E-state index contributed by atoms with van der Waals surface area (Å²) in [5, 5.41) is 1.20. The number of nitrogens with zero attached hydrogens (tertiary/aromatic N) is 5. The molecule has 0 atom stereocenters. The molecule has 3 fully saturated rings. The van der Waals surface area contributed by atoms with Crippen LogP contribution in [0.2, 0.25) is 0 Å². The fourth-order valence-electron chi connectivity index (χ4n) is 4.89. The number of aromatic nitrogens is 2. The molecule has 3 saturated heterocycles. The third kappa shape index (κ3) is 3.80. The van der Waals surface area contributed by atoms with E-state index in [1.807, 2.05) is 0 Å². The van der Waals surface area contributed by atoms with E-state index >= 15 is 0 Å². The summed E-state index contributed by atoms with van der Waals surface area (Å²) in [6, 6.07) is 6.72. The Morgan fingerprint density at radius 3 is 2.46 bits per heavy atom. The lowest BCUT2D eigenvalue weighted by molar-refractivity contribution is 0.0517. The Morgan fingerprint density at radius 2 is 1.68 bits per heavy atom. The van der Waals surface area contributed by atoms with Gasteiger partial charge < -0.3 is 14.5 Å². The summed E-state index contributed by atoms with van der Waals surface area (Å²) in [4.78, 5) is 16.7. The molecule has 6 heteroatoms. The predicted molar refractivity (Wildman–Crippen MR) is 113 cm³/mol. The zero-order valence-electron chi connectivity index (χ0n) is 16.7. The first-order chi connectivity index (χ1) is 13.9. The Kier molecular flexibility index (Phi) is 5.32. The zero-order chi connectivity index (χ0) is 18.8. The highest BCUT2D eigenvalue weighted by Gasteiger charge is 2.23. The maximum absolute atomic E-state index is 5.50. The molecule has 5 rings (SSSR count). The van der Waals surface area contributed by atoms with Gasteiger partial charge in [0.05, 0.1) is 5.52 Å². The molecule has 150 valence electrons. The molecule has 0 radical (unpaired) electrons. The van der Waals surface area contributed by atoms with Crippen LogP contribution in [-0.2, 0) is 4.74 Å². The lowest BCUT2D eigenvalue weighted by Gasteiger charge is -2.38. The van der Waals surface area contributed by atoms with E-state index in [9.17, 15) is 0 Å². The Hall–Kier alpha value is -1.92. The number of hydrogen-bond acceptors (Lipinski definition) is 6. The minimum Gasteiger partial charge on any atom is -0.381 e. The lowest BCUT2D eigenvalue weighted by atomic mass is 9.99. The van der Waals surface area contributed by atoms with E-state index < -0.39 is 0 Å². The van der Waals surface area contributed by atoms with Crippen LogP contribution in [0.1, 0.15) is 25.7 Å². The fourth-order valence-corrected chi connectivity index (χ4v) is 4.89. The SMILES string of the molecule is c1nc(N2CCCC2)c2cc(N3CCN(CC4CCOCC4)CC3)ccc2n1. The highest BCUT2D eigenvalue weighted by molar-refractivity contribution is 5.92. The molecule has 0 spiro atoms. The average molecular weight is 382 g/mol. The van der Waals surface area contributed by atoms with Crippen LogP contribution < -0.4 is 9.80 Å². The Balaban J connectivity index is 1.28. The summed E-state index contributed by atoms with van der Waals surface area (Å²) in [7, 11) is 0. The van der Waals surface area contributed by atoms with Crippen molar-refractivity contribution in [3.63, 3.8) is 0 Å². The molecular weight excluding hydrogens is 350 g/mol. The van der Waals surface area contributed by atoms with Crippen molar-refractivity contribution < 1.29 is 4.74 Å². The molecule has 28 heavy (non-hydrogen) atoms. The van der Waals surface area contributed by atoms with Gasteiger partial charge in [0.15, 0.2) is 0 Å². The molecule has 4 heterocycles. The van der Waals surface area contributed by atoms with Crippen LogP contribution >= 0.6 is 0 Å². The molecule has 0 bridgehead atoms. The monoisotopic (exact) mass is 381 g/mol. The van der Waals surface area contributed by atoms with E-state index in [4.69, 9.17) is 4.74 Å². The summed E-state index contributed by atoms with van der Waals surface area (Å²) in [5.74, 6) is 1.93. The molecule has 6 nitrogen and oxygen atoms in total. The normalized spacial score (nSPS) is 22.3. The Bertz CT molecular complexity index is 793. The number of ether oxygens (including phenoxy) is 1. The van der Waals surface area contributed by atoms with E-state index in [0.717, 1.165) is 69.7 Å². The largest absolute Gasteiger partial charge is 0.381 e. The molecule has 1 aromatic heterocycles. The number of hydrogen-bond donors (Lipinski definition) is 0. The molecule has 0 amide bonds. The fraction of sp³-hybridized carbons (Fsp3) is 0.636. The van der Waals surface area contributed by atoms with Crippen molar-refractivity contribution in [1.82, 2.24) is 14.9 Å². The molecule has 0 unspecified atom stereocenters. The first-order valence-corrected chi connectivity index (χ1v) is 10.9. The van der Waals surface area contributed by atoms with E-state index in [-0.39, 0.29) is 0 Å². The molecule has 1 aromatic carbocycles. The van der Waals surface area contributed by atoms with Crippen LogP contribution in [-0.4, -0.2) is 73.9 Å². The van der Waals surface area contributed by atoms with Gasteiger partial charge in [0.25, 0.3) is 0 Å².